The van der Waals surface area contributed by atoms with E-state index in [4.69, 9.17) is 9.47 Å². The SMILES string of the molecule is CC[C@H](C)c1ccc(NC(=O)COc2nsnc2N2CCOCC2)cc1. The molecule has 1 amide bonds. The molecule has 2 aromatic rings. The molecule has 1 saturated heterocycles. The molecular weight excluding hydrogens is 352 g/mol. The molecule has 140 valence electrons. The summed E-state index contributed by atoms with van der Waals surface area (Å²) in [4.78, 5) is 14.2. The first-order valence-corrected chi connectivity index (χ1v) is 9.58. The number of nitrogens with one attached hydrogen (secondary N) is 1. The summed E-state index contributed by atoms with van der Waals surface area (Å²) in [5.74, 6) is 1.38. The number of ether oxygens (including phenoxy) is 2. The zero-order chi connectivity index (χ0) is 18.4. The van der Waals surface area contributed by atoms with Gasteiger partial charge in [-0.1, -0.05) is 26.0 Å². The highest BCUT2D eigenvalue weighted by molar-refractivity contribution is 6.99. The Morgan fingerprint density at radius 1 is 1.31 bits per heavy atom. The molecule has 2 heterocycles. The minimum atomic E-state index is -0.220. The van der Waals surface area contributed by atoms with Gasteiger partial charge in [-0.3, -0.25) is 4.79 Å². The molecule has 0 unspecified atom stereocenters. The topological polar surface area (TPSA) is 76.6 Å². The Morgan fingerprint density at radius 3 is 2.73 bits per heavy atom. The highest BCUT2D eigenvalue weighted by Crippen LogP contribution is 2.26. The van der Waals surface area contributed by atoms with E-state index in [0.717, 1.165) is 36.9 Å². The van der Waals surface area contributed by atoms with Crippen molar-refractivity contribution in [2.24, 2.45) is 0 Å². The van der Waals surface area contributed by atoms with Gasteiger partial charge in [0.2, 0.25) is 5.82 Å². The Kier molecular flexibility index (Phi) is 6.40. The predicted molar refractivity (Wildman–Crippen MR) is 102 cm³/mol. The molecule has 1 aromatic heterocycles. The molecule has 1 aliphatic heterocycles. The number of carbonyl (C=O) groups is 1. The standard InChI is InChI=1S/C18H24N4O3S/c1-3-13(2)14-4-6-15(7-5-14)19-16(23)12-25-18-17(20-26-21-18)22-8-10-24-11-9-22/h4-7,13H,3,8-12H2,1-2H3,(H,19,23)/t13-/m0/s1. The van der Waals surface area contributed by atoms with E-state index in [0.29, 0.717) is 30.8 Å². The molecule has 1 atom stereocenters. The average Bonchev–Trinajstić information content (AvgIpc) is 3.16. The second kappa shape index (κ2) is 8.95. The summed E-state index contributed by atoms with van der Waals surface area (Å²) in [5, 5.41) is 2.85. The third kappa shape index (κ3) is 4.70. The van der Waals surface area contributed by atoms with Crippen molar-refractivity contribution >= 4 is 29.1 Å². The monoisotopic (exact) mass is 376 g/mol. The number of rotatable bonds is 7. The van der Waals surface area contributed by atoms with E-state index in [2.05, 4.69) is 32.8 Å². The van der Waals surface area contributed by atoms with E-state index < -0.39 is 0 Å². The molecule has 0 aliphatic carbocycles. The summed E-state index contributed by atoms with van der Waals surface area (Å²) < 4.78 is 19.4. The first-order chi connectivity index (χ1) is 12.7. The Labute approximate surface area is 157 Å². The number of morpholine rings is 1. The minimum Gasteiger partial charge on any atom is -0.464 e. The number of benzene rings is 1. The normalized spacial score (nSPS) is 15.5. The van der Waals surface area contributed by atoms with Gasteiger partial charge >= 0.3 is 0 Å². The largest absolute Gasteiger partial charge is 0.464 e. The van der Waals surface area contributed by atoms with E-state index >= 15 is 0 Å². The van der Waals surface area contributed by atoms with Gasteiger partial charge in [0.05, 0.1) is 24.9 Å². The van der Waals surface area contributed by atoms with Crippen molar-refractivity contribution in [3.63, 3.8) is 0 Å². The van der Waals surface area contributed by atoms with Crippen molar-refractivity contribution in [2.45, 2.75) is 26.2 Å². The van der Waals surface area contributed by atoms with Crippen LogP contribution in [-0.2, 0) is 9.53 Å². The van der Waals surface area contributed by atoms with Gasteiger partial charge in [-0.25, -0.2) is 0 Å². The van der Waals surface area contributed by atoms with Crippen LogP contribution in [0.25, 0.3) is 0 Å². The number of amides is 1. The van der Waals surface area contributed by atoms with Gasteiger partial charge < -0.3 is 19.7 Å². The van der Waals surface area contributed by atoms with Crippen LogP contribution in [0.1, 0.15) is 31.7 Å². The molecule has 1 N–H and O–H groups in total. The quantitative estimate of drug-likeness (QED) is 0.801. The van der Waals surface area contributed by atoms with Crippen LogP contribution in [0, 0.1) is 0 Å². The molecule has 1 fully saturated rings. The molecular formula is C18H24N4O3S. The predicted octanol–water partition coefficient (Wildman–Crippen LogP) is 2.91. The maximum atomic E-state index is 12.2. The van der Waals surface area contributed by atoms with Crippen LogP contribution >= 0.6 is 11.7 Å². The van der Waals surface area contributed by atoms with E-state index in [1.807, 2.05) is 24.3 Å². The van der Waals surface area contributed by atoms with Crippen LogP contribution in [0.15, 0.2) is 24.3 Å². The fourth-order valence-electron chi connectivity index (χ4n) is 2.70. The highest BCUT2D eigenvalue weighted by atomic mass is 32.1. The van der Waals surface area contributed by atoms with Crippen molar-refractivity contribution in [1.82, 2.24) is 8.75 Å². The molecule has 0 radical (unpaired) electrons. The number of nitrogens with zero attached hydrogens (tertiary/aromatic N) is 3. The van der Waals surface area contributed by atoms with Gasteiger partial charge in [-0.05, 0) is 30.0 Å². The molecule has 26 heavy (non-hydrogen) atoms. The van der Waals surface area contributed by atoms with Gasteiger partial charge in [0.25, 0.3) is 11.8 Å². The fraction of sp³-hybridized carbons (Fsp3) is 0.500. The number of carbonyl (C=O) groups excluding carboxylic acids is 1. The van der Waals surface area contributed by atoms with Crippen molar-refractivity contribution in [1.29, 1.82) is 0 Å². The Morgan fingerprint density at radius 2 is 2.04 bits per heavy atom. The number of anilines is 2. The van der Waals surface area contributed by atoms with Crippen LogP contribution < -0.4 is 15.0 Å². The summed E-state index contributed by atoms with van der Waals surface area (Å²) >= 11 is 1.08. The second-order valence-corrected chi connectivity index (χ2v) is 6.79. The maximum absolute atomic E-state index is 12.2. The summed E-state index contributed by atoms with van der Waals surface area (Å²) in [5.41, 5.74) is 2.03. The van der Waals surface area contributed by atoms with Gasteiger partial charge in [0, 0.05) is 18.8 Å². The minimum absolute atomic E-state index is 0.101. The van der Waals surface area contributed by atoms with Crippen LogP contribution in [-0.4, -0.2) is 47.6 Å². The van der Waals surface area contributed by atoms with Gasteiger partial charge in [-0.15, -0.1) is 4.37 Å². The molecule has 1 aliphatic rings. The van der Waals surface area contributed by atoms with Crippen molar-refractivity contribution in [3.8, 4) is 5.88 Å². The average molecular weight is 376 g/mol. The number of aromatic nitrogens is 2. The third-order valence-corrected chi connectivity index (χ3v) is 4.97. The Balaban J connectivity index is 1.52. The van der Waals surface area contributed by atoms with E-state index in [1.54, 1.807) is 0 Å². The number of hydrogen-bond acceptors (Lipinski definition) is 7. The smallest absolute Gasteiger partial charge is 0.271 e. The fourth-order valence-corrected chi connectivity index (χ4v) is 3.22. The lowest BCUT2D eigenvalue weighted by Crippen LogP contribution is -2.36. The summed E-state index contributed by atoms with van der Waals surface area (Å²) in [6, 6.07) is 7.93. The molecule has 0 spiro atoms. The molecule has 0 bridgehead atoms. The molecule has 8 heteroatoms. The van der Waals surface area contributed by atoms with Crippen molar-refractivity contribution < 1.29 is 14.3 Å². The van der Waals surface area contributed by atoms with Crippen LogP contribution in [0.4, 0.5) is 11.5 Å². The molecule has 7 nitrogen and oxygen atoms in total. The van der Waals surface area contributed by atoms with Crippen molar-refractivity contribution in [3.05, 3.63) is 29.8 Å². The van der Waals surface area contributed by atoms with E-state index in [-0.39, 0.29) is 12.5 Å². The zero-order valence-corrected chi connectivity index (χ0v) is 15.9. The molecule has 1 aromatic carbocycles. The Hall–Kier alpha value is -2.19. The van der Waals surface area contributed by atoms with E-state index in [1.165, 1.54) is 5.56 Å². The van der Waals surface area contributed by atoms with Crippen LogP contribution in [0.2, 0.25) is 0 Å². The molecule has 3 rings (SSSR count). The van der Waals surface area contributed by atoms with E-state index in [9.17, 15) is 4.79 Å². The highest BCUT2D eigenvalue weighted by Gasteiger charge is 2.20. The lowest BCUT2D eigenvalue weighted by molar-refractivity contribution is -0.118. The zero-order valence-electron chi connectivity index (χ0n) is 15.1. The van der Waals surface area contributed by atoms with Gasteiger partial charge in [-0.2, -0.15) is 4.37 Å². The summed E-state index contributed by atoms with van der Waals surface area (Å²) in [6.45, 7) is 7.06. The van der Waals surface area contributed by atoms with Gasteiger partial charge in [0.1, 0.15) is 0 Å². The summed E-state index contributed by atoms with van der Waals surface area (Å²) in [6.07, 6.45) is 1.09. The van der Waals surface area contributed by atoms with Crippen LogP contribution in [0.3, 0.4) is 0 Å². The van der Waals surface area contributed by atoms with Crippen molar-refractivity contribution in [2.75, 3.05) is 43.1 Å². The summed E-state index contributed by atoms with van der Waals surface area (Å²) in [7, 11) is 0. The van der Waals surface area contributed by atoms with Gasteiger partial charge in [0.15, 0.2) is 6.61 Å². The first-order valence-electron chi connectivity index (χ1n) is 8.85. The molecule has 0 saturated carbocycles. The first kappa shape index (κ1) is 18.6. The van der Waals surface area contributed by atoms with Crippen LogP contribution in [0.5, 0.6) is 5.88 Å². The second-order valence-electron chi connectivity index (χ2n) is 6.26. The third-order valence-electron chi connectivity index (χ3n) is 4.47. The maximum Gasteiger partial charge on any atom is 0.271 e. The lowest BCUT2D eigenvalue weighted by Gasteiger charge is -2.26. The Bertz CT molecular complexity index is 713. The lowest BCUT2D eigenvalue weighted by atomic mass is 9.99. The number of hydrogen-bond donors (Lipinski definition) is 1.